The summed E-state index contributed by atoms with van der Waals surface area (Å²) in [5.41, 5.74) is 0. The number of hydrogen-bond acceptors (Lipinski definition) is 3. The maximum atomic E-state index is 9.65. The monoisotopic (exact) mass is 416 g/mol. The minimum atomic E-state index is -1.56. The van der Waals surface area contributed by atoms with E-state index in [2.05, 4.69) is 4.93 Å². The van der Waals surface area contributed by atoms with Gasteiger partial charge in [-0.3, -0.25) is 0 Å². The van der Waals surface area contributed by atoms with Gasteiger partial charge in [0, 0.05) is 0 Å². The molecular formula is C8H18I2O3. The van der Waals surface area contributed by atoms with Crippen LogP contribution in [-0.2, 0) is 4.74 Å². The molecule has 3 atom stereocenters. The number of rotatable bonds is 2. The molecule has 82 valence electrons. The molecule has 5 heteroatoms. The second kappa shape index (κ2) is 5.43. The first-order chi connectivity index (χ1) is 6.00. The van der Waals surface area contributed by atoms with Gasteiger partial charge >= 0.3 is 91.3 Å². The molecule has 0 amide bonds. The van der Waals surface area contributed by atoms with Gasteiger partial charge in [-0.15, -0.1) is 0 Å². The van der Waals surface area contributed by atoms with Crippen LogP contribution in [0.25, 0.3) is 0 Å². The van der Waals surface area contributed by atoms with Gasteiger partial charge in [0.1, 0.15) is 0 Å². The average molecular weight is 416 g/mol. The van der Waals surface area contributed by atoms with Gasteiger partial charge in [0.15, 0.2) is 0 Å². The summed E-state index contributed by atoms with van der Waals surface area (Å²) in [4.78, 5) is 4.28. The van der Waals surface area contributed by atoms with Crippen molar-refractivity contribution >= 4 is 32.1 Å². The third-order valence-corrected chi connectivity index (χ3v) is 24.4. The van der Waals surface area contributed by atoms with Crippen LogP contribution >= 0.6 is 32.1 Å². The van der Waals surface area contributed by atoms with E-state index in [1.165, 1.54) is 0 Å². The van der Waals surface area contributed by atoms with Crippen molar-refractivity contribution < 1.29 is 13.3 Å². The van der Waals surface area contributed by atoms with E-state index in [1.807, 2.05) is 11.9 Å². The van der Waals surface area contributed by atoms with Crippen LogP contribution < -0.4 is 0 Å². The van der Waals surface area contributed by atoms with Crippen LogP contribution in [-0.4, -0.2) is 34.7 Å². The Bertz CT molecular complexity index is 155. The van der Waals surface area contributed by atoms with Crippen molar-refractivity contribution in [1.29, 1.82) is 0 Å². The summed E-state index contributed by atoms with van der Waals surface area (Å²) in [5, 5.41) is 9.42. The normalized spacial score (nSPS) is 37.2. The molecule has 1 aliphatic rings. The Kier molecular flexibility index (Phi) is 5.18. The average Bonchev–Trinajstić information content (AvgIpc) is 2.01. The predicted molar refractivity (Wildman–Crippen MR) is 71.7 cm³/mol. The van der Waals surface area contributed by atoms with Gasteiger partial charge in [0.25, 0.3) is 0 Å². The van der Waals surface area contributed by atoms with Crippen LogP contribution in [0.15, 0.2) is 0 Å². The zero-order valence-electron chi connectivity index (χ0n) is 8.20. The van der Waals surface area contributed by atoms with Crippen LogP contribution in [0.1, 0.15) is 19.8 Å². The van der Waals surface area contributed by atoms with Crippen molar-refractivity contribution in [2.24, 2.45) is 0 Å². The first kappa shape index (κ1) is 12.4. The number of aliphatic hydroxyl groups is 1. The zero-order chi connectivity index (χ0) is 10.0. The molecule has 0 saturated carbocycles. The summed E-state index contributed by atoms with van der Waals surface area (Å²) >= 11 is -2.70. The van der Waals surface area contributed by atoms with Gasteiger partial charge in [0.2, 0.25) is 0 Å². The van der Waals surface area contributed by atoms with Crippen molar-refractivity contribution in [3.63, 3.8) is 0 Å². The molecule has 3 nitrogen and oxygen atoms in total. The summed E-state index contributed by atoms with van der Waals surface area (Å²) in [5.74, 6) is 0. The van der Waals surface area contributed by atoms with Crippen molar-refractivity contribution in [2.75, 3.05) is 9.86 Å². The minimum absolute atomic E-state index is 0.171. The van der Waals surface area contributed by atoms with E-state index in [0.717, 1.165) is 12.8 Å². The van der Waals surface area contributed by atoms with Crippen LogP contribution in [0.3, 0.4) is 0 Å². The molecule has 1 heterocycles. The molecule has 2 N–H and O–H groups in total. The van der Waals surface area contributed by atoms with E-state index in [1.54, 1.807) is 0 Å². The summed E-state index contributed by atoms with van der Waals surface area (Å²) in [6, 6.07) is 0. The first-order valence-electron chi connectivity index (χ1n) is 4.23. The number of hydrogen-bond donors (Lipinski definition) is 2. The molecule has 1 fully saturated rings. The standard InChI is InChI=1S/C8H18I2O3/c1-6-4-7(5-8(11)13-6)9(2)10(3)12/h6-8,11-12H,4-5H2,1-3H3/t6-,7+,8-/m1/s1. The molecule has 0 bridgehead atoms. The summed E-state index contributed by atoms with van der Waals surface area (Å²) in [7, 11) is 0. The molecule has 0 aromatic carbocycles. The fraction of sp³-hybridized carbons (Fsp3) is 1.00. The molecule has 0 spiro atoms. The van der Waals surface area contributed by atoms with Crippen molar-refractivity contribution in [3.8, 4) is 0 Å². The molecule has 1 rings (SSSR count). The number of ether oxygens (including phenoxy) is 1. The molecule has 0 radical (unpaired) electrons. The van der Waals surface area contributed by atoms with Crippen molar-refractivity contribution in [3.05, 3.63) is 0 Å². The van der Waals surface area contributed by atoms with Crippen LogP contribution in [0.5, 0.6) is 0 Å². The number of aliphatic hydroxyl groups excluding tert-OH is 1. The van der Waals surface area contributed by atoms with E-state index in [9.17, 15) is 8.54 Å². The Morgan fingerprint density at radius 1 is 1.31 bits per heavy atom. The third kappa shape index (κ3) is 3.77. The summed E-state index contributed by atoms with van der Waals surface area (Å²) in [6.45, 7) is 2.00. The van der Waals surface area contributed by atoms with Crippen LogP contribution in [0, 0.1) is 0 Å². The fourth-order valence-corrected chi connectivity index (χ4v) is 14.0. The molecule has 13 heavy (non-hydrogen) atoms. The van der Waals surface area contributed by atoms with Gasteiger partial charge in [-0.25, -0.2) is 0 Å². The van der Waals surface area contributed by atoms with E-state index >= 15 is 0 Å². The van der Waals surface area contributed by atoms with Gasteiger partial charge in [-0.05, 0) is 0 Å². The number of halogens is 2. The Labute approximate surface area is 90.6 Å². The number of alkyl halides is 3. The topological polar surface area (TPSA) is 49.7 Å². The fourth-order valence-electron chi connectivity index (χ4n) is 1.47. The van der Waals surface area contributed by atoms with Crippen LogP contribution in [0.4, 0.5) is 0 Å². The van der Waals surface area contributed by atoms with E-state index < -0.39 is 38.4 Å². The maximum absolute atomic E-state index is 9.65. The van der Waals surface area contributed by atoms with E-state index in [4.69, 9.17) is 4.74 Å². The summed E-state index contributed by atoms with van der Waals surface area (Å²) < 4.78 is 15.5. The van der Waals surface area contributed by atoms with E-state index in [-0.39, 0.29) is 6.10 Å². The van der Waals surface area contributed by atoms with Crippen LogP contribution in [0.2, 0.25) is 0 Å². The van der Waals surface area contributed by atoms with Gasteiger partial charge in [0.05, 0.1) is 0 Å². The quantitative estimate of drug-likeness (QED) is 0.535. The summed E-state index contributed by atoms with van der Waals surface area (Å²) in [6.07, 6.45) is 1.39. The van der Waals surface area contributed by atoms with Gasteiger partial charge < -0.3 is 0 Å². The van der Waals surface area contributed by atoms with E-state index in [0.29, 0.717) is 3.92 Å². The molecule has 1 aliphatic heterocycles. The van der Waals surface area contributed by atoms with Gasteiger partial charge in [-0.2, -0.15) is 0 Å². The molecule has 0 unspecified atom stereocenters. The second-order valence-corrected chi connectivity index (χ2v) is 26.3. The second-order valence-electron chi connectivity index (χ2n) is 3.29. The molecule has 0 aliphatic carbocycles. The first-order valence-corrected chi connectivity index (χ1v) is 17.0. The van der Waals surface area contributed by atoms with Gasteiger partial charge in [-0.1, -0.05) is 0 Å². The van der Waals surface area contributed by atoms with Crippen molar-refractivity contribution in [2.45, 2.75) is 36.1 Å². The molecule has 0 aromatic heterocycles. The predicted octanol–water partition coefficient (Wildman–Crippen LogP) is 1.97. The molecule has 1 saturated heterocycles. The van der Waals surface area contributed by atoms with Crippen molar-refractivity contribution in [1.82, 2.24) is 0 Å². The Morgan fingerprint density at radius 2 is 1.92 bits per heavy atom. The molecular weight excluding hydrogens is 398 g/mol. The Hall–Kier alpha value is 1.34. The molecule has 0 aromatic rings. The Balaban J connectivity index is 2.49. The zero-order valence-corrected chi connectivity index (χ0v) is 12.5. The third-order valence-electron chi connectivity index (χ3n) is 2.19. The SMILES string of the molecule is C[C@@H]1C[C@H](I(C)I(C)O)C[C@H](O)O1. The Morgan fingerprint density at radius 3 is 2.38 bits per heavy atom.